The molecular weight excluding hydrogens is 302 g/mol. The van der Waals surface area contributed by atoms with Crippen LogP contribution in [-0.4, -0.2) is 18.1 Å². The predicted molar refractivity (Wildman–Crippen MR) is 86.3 cm³/mol. The molecule has 114 valence electrons. The van der Waals surface area contributed by atoms with Crippen molar-refractivity contribution in [3.63, 3.8) is 0 Å². The van der Waals surface area contributed by atoms with Crippen molar-refractivity contribution < 1.29 is 18.1 Å². The summed E-state index contributed by atoms with van der Waals surface area (Å²) in [5.74, 6) is 0.322. The van der Waals surface area contributed by atoms with Crippen LogP contribution in [0.5, 0.6) is 5.75 Å². The molecule has 0 aliphatic heterocycles. The fourth-order valence-electron chi connectivity index (χ4n) is 1.83. The first-order valence-electron chi connectivity index (χ1n) is 6.37. The van der Waals surface area contributed by atoms with Gasteiger partial charge >= 0.3 is 0 Å². The SMILES string of the molecule is Nc1ccc2ccc(S(=O)(=O)O)cc2c1.Oc1ccccc1. The van der Waals surface area contributed by atoms with Crippen molar-refractivity contribution in [1.82, 2.24) is 0 Å². The first kappa shape index (κ1) is 15.8. The molecule has 3 rings (SSSR count). The Bertz CT molecular complexity index is 877. The van der Waals surface area contributed by atoms with Gasteiger partial charge < -0.3 is 10.8 Å². The van der Waals surface area contributed by atoms with Crippen LogP contribution in [0.2, 0.25) is 0 Å². The lowest BCUT2D eigenvalue weighted by Crippen LogP contribution is -1.97. The average molecular weight is 317 g/mol. The van der Waals surface area contributed by atoms with Gasteiger partial charge in [0.15, 0.2) is 0 Å². The third-order valence-electron chi connectivity index (χ3n) is 2.89. The molecule has 0 aliphatic rings. The molecule has 0 aromatic heterocycles. The number of benzene rings is 3. The van der Waals surface area contributed by atoms with Gasteiger partial charge in [-0.1, -0.05) is 30.3 Å². The van der Waals surface area contributed by atoms with Gasteiger partial charge in [-0.05, 0) is 47.2 Å². The van der Waals surface area contributed by atoms with Gasteiger partial charge in [0.1, 0.15) is 5.75 Å². The number of nitrogens with two attached hydrogens (primary N) is 1. The van der Waals surface area contributed by atoms with Crippen LogP contribution in [0.1, 0.15) is 0 Å². The Morgan fingerprint density at radius 1 is 0.818 bits per heavy atom. The van der Waals surface area contributed by atoms with E-state index in [9.17, 15) is 8.42 Å². The predicted octanol–water partition coefficient (Wildman–Crippen LogP) is 3.06. The van der Waals surface area contributed by atoms with Crippen LogP contribution in [0.3, 0.4) is 0 Å². The molecule has 0 fully saturated rings. The normalized spacial score (nSPS) is 10.8. The second-order valence-electron chi connectivity index (χ2n) is 4.58. The van der Waals surface area contributed by atoms with E-state index in [0.29, 0.717) is 16.8 Å². The third-order valence-corrected chi connectivity index (χ3v) is 3.74. The van der Waals surface area contributed by atoms with Crippen molar-refractivity contribution in [2.24, 2.45) is 0 Å². The van der Waals surface area contributed by atoms with Crippen molar-refractivity contribution in [3.05, 3.63) is 66.7 Å². The minimum Gasteiger partial charge on any atom is -0.508 e. The van der Waals surface area contributed by atoms with Crippen molar-refractivity contribution in [2.45, 2.75) is 4.90 Å². The van der Waals surface area contributed by atoms with Crippen LogP contribution >= 0.6 is 0 Å². The second kappa shape index (κ2) is 6.46. The molecule has 0 aliphatic carbocycles. The van der Waals surface area contributed by atoms with Crippen LogP contribution in [0.25, 0.3) is 10.8 Å². The number of hydrogen-bond donors (Lipinski definition) is 3. The fraction of sp³-hybridized carbons (Fsp3) is 0. The number of phenols is 1. The number of phenolic OH excluding ortho intramolecular Hbond substituents is 1. The summed E-state index contributed by atoms with van der Waals surface area (Å²) in [4.78, 5) is -0.124. The fourth-order valence-corrected chi connectivity index (χ4v) is 2.35. The Labute approximate surface area is 128 Å². The Kier molecular flexibility index (Phi) is 4.65. The molecule has 0 bridgehead atoms. The standard InChI is InChI=1S/C10H9NO3S.C6H6O/c11-9-3-1-7-2-4-10(15(12,13)14)6-8(7)5-9;7-6-4-2-1-3-5-6/h1-6H,11H2,(H,12,13,14);1-5,7H. The van der Waals surface area contributed by atoms with Gasteiger partial charge in [0, 0.05) is 5.69 Å². The molecule has 3 aromatic carbocycles. The van der Waals surface area contributed by atoms with E-state index in [0.717, 1.165) is 5.39 Å². The highest BCUT2D eigenvalue weighted by Crippen LogP contribution is 2.21. The zero-order valence-electron chi connectivity index (χ0n) is 11.5. The van der Waals surface area contributed by atoms with Crippen molar-refractivity contribution in [1.29, 1.82) is 0 Å². The summed E-state index contributed by atoms with van der Waals surface area (Å²) in [5.41, 5.74) is 6.12. The highest BCUT2D eigenvalue weighted by molar-refractivity contribution is 7.85. The monoisotopic (exact) mass is 317 g/mol. The molecule has 6 heteroatoms. The number of fused-ring (bicyclic) bond motifs is 1. The Balaban J connectivity index is 0.000000211. The lowest BCUT2D eigenvalue weighted by atomic mass is 10.1. The van der Waals surface area contributed by atoms with Gasteiger partial charge in [0.25, 0.3) is 10.1 Å². The lowest BCUT2D eigenvalue weighted by Gasteiger charge is -2.01. The second-order valence-corrected chi connectivity index (χ2v) is 6.00. The van der Waals surface area contributed by atoms with Crippen molar-refractivity contribution in [3.8, 4) is 5.75 Å². The first-order valence-corrected chi connectivity index (χ1v) is 7.81. The first-order chi connectivity index (χ1) is 10.4. The van der Waals surface area contributed by atoms with E-state index in [1.807, 2.05) is 6.07 Å². The van der Waals surface area contributed by atoms with E-state index in [4.69, 9.17) is 15.4 Å². The van der Waals surface area contributed by atoms with Gasteiger partial charge in [0.2, 0.25) is 0 Å². The Hall–Kier alpha value is -2.57. The number of anilines is 1. The molecule has 0 saturated heterocycles. The van der Waals surface area contributed by atoms with Gasteiger partial charge in [-0.3, -0.25) is 4.55 Å². The molecular formula is C16H15NO4S. The zero-order chi connectivity index (χ0) is 16.2. The van der Waals surface area contributed by atoms with E-state index < -0.39 is 10.1 Å². The maximum absolute atomic E-state index is 10.9. The van der Waals surface area contributed by atoms with Crippen LogP contribution in [0.15, 0.2) is 71.6 Å². The van der Waals surface area contributed by atoms with Gasteiger partial charge in [-0.15, -0.1) is 0 Å². The van der Waals surface area contributed by atoms with E-state index in [2.05, 4.69) is 0 Å². The van der Waals surface area contributed by atoms with E-state index in [1.165, 1.54) is 12.1 Å². The molecule has 0 spiro atoms. The highest BCUT2D eigenvalue weighted by Gasteiger charge is 2.09. The number of hydrogen-bond acceptors (Lipinski definition) is 4. The number of rotatable bonds is 1. The van der Waals surface area contributed by atoms with Crippen LogP contribution < -0.4 is 5.73 Å². The summed E-state index contributed by atoms with van der Waals surface area (Å²) >= 11 is 0. The molecule has 4 N–H and O–H groups in total. The highest BCUT2D eigenvalue weighted by atomic mass is 32.2. The Morgan fingerprint density at radius 2 is 1.45 bits per heavy atom. The smallest absolute Gasteiger partial charge is 0.294 e. The summed E-state index contributed by atoms with van der Waals surface area (Å²) in [5, 5.41) is 10.2. The van der Waals surface area contributed by atoms with Gasteiger partial charge in [-0.2, -0.15) is 8.42 Å². The summed E-state index contributed by atoms with van der Waals surface area (Å²) in [7, 11) is -4.15. The number of aromatic hydroxyl groups is 1. The molecule has 0 radical (unpaired) electrons. The molecule has 0 saturated carbocycles. The maximum atomic E-state index is 10.9. The summed E-state index contributed by atoms with van der Waals surface area (Å²) in [6.45, 7) is 0. The Morgan fingerprint density at radius 3 is 2.00 bits per heavy atom. The minimum absolute atomic E-state index is 0.124. The number of nitrogen functional groups attached to an aromatic ring is 1. The van der Waals surface area contributed by atoms with E-state index >= 15 is 0 Å². The molecule has 0 atom stereocenters. The van der Waals surface area contributed by atoms with Gasteiger partial charge in [0.05, 0.1) is 4.90 Å². The minimum atomic E-state index is -4.15. The maximum Gasteiger partial charge on any atom is 0.294 e. The average Bonchev–Trinajstić information content (AvgIpc) is 2.47. The van der Waals surface area contributed by atoms with E-state index in [1.54, 1.807) is 48.5 Å². The molecule has 0 unspecified atom stereocenters. The lowest BCUT2D eigenvalue weighted by molar-refractivity contribution is 0.475. The zero-order valence-corrected chi connectivity index (χ0v) is 12.4. The van der Waals surface area contributed by atoms with Crippen LogP contribution in [0.4, 0.5) is 5.69 Å². The molecule has 0 amide bonds. The number of para-hydroxylation sites is 1. The summed E-state index contributed by atoms with van der Waals surface area (Å²) in [6.07, 6.45) is 0. The van der Waals surface area contributed by atoms with Gasteiger partial charge in [-0.25, -0.2) is 0 Å². The molecule has 3 aromatic rings. The summed E-state index contributed by atoms with van der Waals surface area (Å²) < 4.78 is 30.6. The van der Waals surface area contributed by atoms with Crippen molar-refractivity contribution >= 4 is 26.6 Å². The largest absolute Gasteiger partial charge is 0.508 e. The quantitative estimate of drug-likeness (QED) is 0.473. The molecule has 22 heavy (non-hydrogen) atoms. The van der Waals surface area contributed by atoms with Crippen LogP contribution in [-0.2, 0) is 10.1 Å². The summed E-state index contributed by atoms with van der Waals surface area (Å²) in [6, 6.07) is 18.3. The topological polar surface area (TPSA) is 101 Å². The van der Waals surface area contributed by atoms with Crippen molar-refractivity contribution in [2.75, 3.05) is 5.73 Å². The molecule has 5 nitrogen and oxygen atoms in total. The molecule has 0 heterocycles. The third kappa shape index (κ3) is 4.21. The van der Waals surface area contributed by atoms with E-state index in [-0.39, 0.29) is 4.90 Å². The van der Waals surface area contributed by atoms with Crippen LogP contribution in [0, 0.1) is 0 Å².